The van der Waals surface area contributed by atoms with Gasteiger partial charge in [-0.05, 0) is 80.5 Å². The lowest BCUT2D eigenvalue weighted by molar-refractivity contribution is -0.0576. The van der Waals surface area contributed by atoms with Crippen molar-refractivity contribution in [3.05, 3.63) is 94.0 Å². The Morgan fingerprint density at radius 3 is 2.23 bits per heavy atom. The molecule has 0 saturated carbocycles. The molecule has 0 aromatic heterocycles. The van der Waals surface area contributed by atoms with Crippen LogP contribution in [0.25, 0.3) is 0 Å². The van der Waals surface area contributed by atoms with Crippen molar-refractivity contribution < 1.29 is 19.1 Å². The Morgan fingerprint density at radius 2 is 1.61 bits per heavy atom. The van der Waals surface area contributed by atoms with E-state index in [4.69, 9.17) is 4.74 Å². The van der Waals surface area contributed by atoms with Crippen LogP contribution in [0.15, 0.2) is 77.3 Å². The second kappa shape index (κ2) is 12.7. The number of carbonyl (C=O) groups excluding carboxylic acids is 3. The predicted octanol–water partition coefficient (Wildman–Crippen LogP) is 5.01. The van der Waals surface area contributed by atoms with Crippen LogP contribution in [0.1, 0.15) is 38.6 Å². The second-order valence-electron chi connectivity index (χ2n) is 12.2. The van der Waals surface area contributed by atoms with Crippen molar-refractivity contribution in [1.29, 1.82) is 0 Å². The fourth-order valence-corrected chi connectivity index (χ4v) is 7.28. The molecular formula is C34H38BrN5O4. The molecule has 6 rings (SSSR count). The number of carbonyl (C=O) groups is 3. The summed E-state index contributed by atoms with van der Waals surface area (Å²) in [5.41, 5.74) is 2.78. The van der Waals surface area contributed by atoms with Crippen molar-refractivity contribution in [3.8, 4) is 5.75 Å². The monoisotopic (exact) mass is 659 g/mol. The van der Waals surface area contributed by atoms with Crippen molar-refractivity contribution in [2.75, 3.05) is 59.2 Å². The number of anilines is 1. The van der Waals surface area contributed by atoms with Crippen LogP contribution in [-0.4, -0.2) is 103 Å². The summed E-state index contributed by atoms with van der Waals surface area (Å²) >= 11 is 3.56. The minimum atomic E-state index is -0.235. The number of hydrogen-bond acceptors (Lipinski definition) is 6. The van der Waals surface area contributed by atoms with E-state index < -0.39 is 0 Å². The van der Waals surface area contributed by atoms with E-state index in [1.807, 2.05) is 41.3 Å². The van der Waals surface area contributed by atoms with Crippen molar-refractivity contribution >= 4 is 39.5 Å². The Hall–Kier alpha value is -3.73. The van der Waals surface area contributed by atoms with Gasteiger partial charge in [-0.25, -0.2) is 4.79 Å². The third-order valence-corrected chi connectivity index (χ3v) is 9.65. The second-order valence-corrected chi connectivity index (χ2v) is 13.1. The first-order chi connectivity index (χ1) is 21.2. The highest BCUT2D eigenvalue weighted by atomic mass is 79.9. The van der Waals surface area contributed by atoms with E-state index in [0.717, 1.165) is 35.3 Å². The van der Waals surface area contributed by atoms with Crippen LogP contribution in [0.4, 0.5) is 10.5 Å². The molecule has 3 aromatic carbocycles. The van der Waals surface area contributed by atoms with Crippen LogP contribution < -0.4 is 10.1 Å². The number of urea groups is 1. The molecule has 0 spiro atoms. The molecule has 1 N–H and O–H groups in total. The molecule has 4 atom stereocenters. The first kappa shape index (κ1) is 30.3. The quantitative estimate of drug-likeness (QED) is 0.359. The number of nitrogens with one attached hydrogen (secondary N) is 1. The van der Waals surface area contributed by atoms with Crippen molar-refractivity contribution in [1.82, 2.24) is 19.6 Å². The van der Waals surface area contributed by atoms with Crippen LogP contribution in [0.3, 0.4) is 0 Å². The molecule has 0 bridgehead atoms. The van der Waals surface area contributed by atoms with Gasteiger partial charge in [0.15, 0.2) is 0 Å². The molecule has 10 heteroatoms. The molecule has 2 saturated heterocycles. The largest absolute Gasteiger partial charge is 0.497 e. The molecule has 0 radical (unpaired) electrons. The smallest absolute Gasteiger partial charge is 0.321 e. The standard InChI is InChI=1S/C34H38BrN5O4/c1-37(2)18-22-16-17-38(34(43)36-25-12-14-26(44-3)15-13-25)20-29-31(23-8-10-24(35)11-9-23)30(39(29)19-22)21-40-32(41)27-6-4-5-7-28(27)33(40)42/h4-15,22,29-31H,16-21H2,1-3H3,(H,36,43)/t22?,29-,30+,31+/m0/s1. The number of ether oxygens (including phenoxy) is 1. The van der Waals surface area contributed by atoms with Gasteiger partial charge in [-0.15, -0.1) is 0 Å². The zero-order valence-electron chi connectivity index (χ0n) is 25.3. The Balaban J connectivity index is 1.30. The van der Waals surface area contributed by atoms with Crippen LogP contribution >= 0.6 is 15.9 Å². The fraction of sp³-hybridized carbons (Fsp3) is 0.382. The maximum absolute atomic E-state index is 13.7. The van der Waals surface area contributed by atoms with E-state index in [-0.39, 0.29) is 35.8 Å². The van der Waals surface area contributed by atoms with E-state index >= 15 is 0 Å². The highest BCUT2D eigenvalue weighted by Gasteiger charge is 2.53. The van der Waals surface area contributed by atoms with Crippen LogP contribution in [0.2, 0.25) is 0 Å². The summed E-state index contributed by atoms with van der Waals surface area (Å²) in [4.78, 5) is 48.5. The van der Waals surface area contributed by atoms with Crippen molar-refractivity contribution in [3.63, 3.8) is 0 Å². The molecule has 1 unspecified atom stereocenters. The Bertz CT molecular complexity index is 1490. The summed E-state index contributed by atoms with van der Waals surface area (Å²) in [5, 5.41) is 3.08. The summed E-state index contributed by atoms with van der Waals surface area (Å²) in [6.45, 7) is 3.19. The van der Waals surface area contributed by atoms with Gasteiger partial charge in [0.05, 0.1) is 18.2 Å². The highest BCUT2D eigenvalue weighted by Crippen LogP contribution is 2.44. The average Bonchev–Trinajstić information content (AvgIpc) is 3.25. The zero-order chi connectivity index (χ0) is 31.0. The lowest BCUT2D eigenvalue weighted by Gasteiger charge is -2.59. The van der Waals surface area contributed by atoms with Gasteiger partial charge in [0.25, 0.3) is 11.8 Å². The molecule has 3 aliphatic rings. The first-order valence-corrected chi connectivity index (χ1v) is 15.8. The highest BCUT2D eigenvalue weighted by molar-refractivity contribution is 9.10. The topological polar surface area (TPSA) is 85.4 Å². The Morgan fingerprint density at radius 1 is 0.955 bits per heavy atom. The van der Waals surface area contributed by atoms with Gasteiger partial charge in [0, 0.05) is 60.9 Å². The number of amides is 4. The average molecular weight is 661 g/mol. The molecule has 44 heavy (non-hydrogen) atoms. The van der Waals surface area contributed by atoms with E-state index in [0.29, 0.717) is 42.4 Å². The van der Waals surface area contributed by atoms with E-state index in [2.05, 4.69) is 57.3 Å². The van der Waals surface area contributed by atoms with Gasteiger partial charge in [-0.2, -0.15) is 0 Å². The van der Waals surface area contributed by atoms with Crippen LogP contribution in [-0.2, 0) is 0 Å². The number of benzene rings is 3. The number of imide groups is 1. The minimum Gasteiger partial charge on any atom is -0.497 e. The number of hydrogen-bond donors (Lipinski definition) is 1. The maximum atomic E-state index is 13.7. The SMILES string of the molecule is COc1ccc(NC(=O)N2CCC(CN(C)C)CN3[C@H](CN4C(=O)c5ccccc5C4=O)[C@H](c4ccc(Br)cc4)[C@@H]3C2)cc1. The normalized spacial score (nSPS) is 23.5. The molecule has 9 nitrogen and oxygen atoms in total. The van der Waals surface area contributed by atoms with E-state index in [1.165, 1.54) is 4.90 Å². The minimum absolute atomic E-state index is 0.0294. The van der Waals surface area contributed by atoms with Gasteiger partial charge in [-0.1, -0.05) is 40.2 Å². The van der Waals surface area contributed by atoms with Crippen LogP contribution in [0, 0.1) is 5.92 Å². The third kappa shape index (κ3) is 5.98. The van der Waals surface area contributed by atoms with E-state index in [1.54, 1.807) is 31.4 Å². The third-order valence-electron chi connectivity index (χ3n) is 9.12. The van der Waals surface area contributed by atoms with Gasteiger partial charge in [0.2, 0.25) is 0 Å². The Kier molecular flexibility index (Phi) is 8.75. The molecule has 3 aliphatic heterocycles. The first-order valence-electron chi connectivity index (χ1n) is 15.0. The van der Waals surface area contributed by atoms with Gasteiger partial charge in [0.1, 0.15) is 5.75 Å². The van der Waals surface area contributed by atoms with Crippen LogP contribution in [0.5, 0.6) is 5.75 Å². The van der Waals surface area contributed by atoms with Gasteiger partial charge >= 0.3 is 6.03 Å². The lowest BCUT2D eigenvalue weighted by atomic mass is 9.73. The summed E-state index contributed by atoms with van der Waals surface area (Å²) in [6, 6.07) is 22.5. The fourth-order valence-electron chi connectivity index (χ4n) is 7.01. The number of methoxy groups -OCH3 is 1. The van der Waals surface area contributed by atoms with Gasteiger partial charge in [-0.3, -0.25) is 19.4 Å². The Labute approximate surface area is 266 Å². The van der Waals surface area contributed by atoms with E-state index in [9.17, 15) is 14.4 Å². The molecule has 3 aromatic rings. The number of nitrogens with zero attached hydrogens (tertiary/aromatic N) is 4. The number of rotatable bonds is 7. The summed E-state index contributed by atoms with van der Waals surface area (Å²) in [6.07, 6.45) is 0.847. The maximum Gasteiger partial charge on any atom is 0.321 e. The summed E-state index contributed by atoms with van der Waals surface area (Å²) in [5.74, 6) is 0.593. The summed E-state index contributed by atoms with van der Waals surface area (Å²) in [7, 11) is 5.76. The van der Waals surface area contributed by atoms with Gasteiger partial charge < -0.3 is 19.9 Å². The lowest BCUT2D eigenvalue weighted by Crippen LogP contribution is -2.70. The summed E-state index contributed by atoms with van der Waals surface area (Å²) < 4.78 is 6.25. The van der Waals surface area contributed by atoms with Crippen molar-refractivity contribution in [2.45, 2.75) is 24.4 Å². The molecule has 0 aliphatic carbocycles. The molecule has 4 amide bonds. The molecular weight excluding hydrogens is 622 g/mol. The van der Waals surface area contributed by atoms with Crippen molar-refractivity contribution in [2.24, 2.45) is 5.92 Å². The zero-order valence-corrected chi connectivity index (χ0v) is 26.9. The molecule has 230 valence electrons. The molecule has 3 heterocycles. The number of fused-ring (bicyclic) bond motifs is 2. The predicted molar refractivity (Wildman–Crippen MR) is 173 cm³/mol. The molecule has 2 fully saturated rings. The number of halogens is 1.